The van der Waals surface area contributed by atoms with Gasteiger partial charge in [0, 0.05) is 12.6 Å². The first-order chi connectivity index (χ1) is 15.5. The topological polar surface area (TPSA) is 55.8 Å². The molecule has 1 saturated carbocycles. The molecule has 0 saturated heterocycles. The van der Waals surface area contributed by atoms with E-state index in [1.807, 2.05) is 0 Å². The Morgan fingerprint density at radius 2 is 1.42 bits per heavy atom. The molecule has 3 rings (SSSR count). The van der Waals surface area contributed by atoms with E-state index in [0.717, 1.165) is 10.7 Å². The van der Waals surface area contributed by atoms with Crippen molar-refractivity contribution in [3.8, 4) is 11.5 Å². The molecule has 1 fully saturated rings. The zero-order chi connectivity index (χ0) is 24.5. The third-order valence-corrected chi connectivity index (χ3v) is 7.85. The van der Waals surface area contributed by atoms with Crippen molar-refractivity contribution in [1.82, 2.24) is 4.31 Å². The maximum absolute atomic E-state index is 14.5. The SMILES string of the molecule is COc1ccc(CN(C2CCCCC2C)S(=O)(=O)c2c(F)c(F)c(F)c(F)c2F)cc1OC. The van der Waals surface area contributed by atoms with Crippen LogP contribution in [-0.4, -0.2) is 33.0 Å². The second-order valence-electron chi connectivity index (χ2n) is 7.97. The third-order valence-electron chi connectivity index (χ3n) is 5.96. The van der Waals surface area contributed by atoms with Crippen molar-refractivity contribution in [2.24, 2.45) is 5.92 Å². The first kappa shape index (κ1) is 25.2. The number of rotatable bonds is 7. The number of benzene rings is 2. The van der Waals surface area contributed by atoms with Crippen molar-refractivity contribution in [3.63, 3.8) is 0 Å². The van der Waals surface area contributed by atoms with Crippen molar-refractivity contribution in [3.05, 3.63) is 52.8 Å². The van der Waals surface area contributed by atoms with E-state index in [1.54, 1.807) is 6.92 Å². The Bertz CT molecular complexity index is 1110. The van der Waals surface area contributed by atoms with Crippen LogP contribution in [-0.2, 0) is 16.6 Å². The van der Waals surface area contributed by atoms with Crippen molar-refractivity contribution >= 4 is 10.0 Å². The molecule has 182 valence electrons. The summed E-state index contributed by atoms with van der Waals surface area (Å²) in [6, 6.07) is 3.86. The minimum Gasteiger partial charge on any atom is -0.493 e. The van der Waals surface area contributed by atoms with Crippen LogP contribution in [0.1, 0.15) is 38.2 Å². The average molecular weight is 493 g/mol. The Kier molecular flexibility index (Phi) is 7.52. The van der Waals surface area contributed by atoms with Gasteiger partial charge in [0.1, 0.15) is 0 Å². The first-order valence-corrected chi connectivity index (χ1v) is 11.7. The molecule has 0 amide bonds. The molecule has 1 aliphatic rings. The highest BCUT2D eigenvalue weighted by atomic mass is 32.2. The molecule has 0 N–H and O–H groups in total. The predicted octanol–water partition coefficient (Wildman–Crippen LogP) is 5.17. The van der Waals surface area contributed by atoms with E-state index in [9.17, 15) is 30.4 Å². The number of ether oxygens (including phenoxy) is 2. The monoisotopic (exact) mass is 493 g/mol. The Morgan fingerprint density at radius 1 is 0.879 bits per heavy atom. The zero-order valence-corrected chi connectivity index (χ0v) is 19.1. The van der Waals surface area contributed by atoms with Crippen molar-refractivity contribution in [2.75, 3.05) is 14.2 Å². The van der Waals surface area contributed by atoms with E-state index in [4.69, 9.17) is 9.47 Å². The van der Waals surface area contributed by atoms with Gasteiger partial charge in [0.2, 0.25) is 15.8 Å². The highest BCUT2D eigenvalue weighted by Gasteiger charge is 2.42. The number of halogens is 5. The third kappa shape index (κ3) is 4.65. The molecule has 1 aliphatic carbocycles. The highest BCUT2D eigenvalue weighted by Crippen LogP contribution is 2.37. The van der Waals surface area contributed by atoms with Gasteiger partial charge < -0.3 is 9.47 Å². The van der Waals surface area contributed by atoms with E-state index < -0.39 is 50.0 Å². The fraction of sp³-hybridized carbons (Fsp3) is 0.455. The maximum atomic E-state index is 14.5. The first-order valence-electron chi connectivity index (χ1n) is 10.3. The van der Waals surface area contributed by atoms with Crippen LogP contribution in [0.4, 0.5) is 22.0 Å². The Balaban J connectivity index is 2.17. The van der Waals surface area contributed by atoms with E-state index in [2.05, 4.69) is 0 Å². The zero-order valence-electron chi connectivity index (χ0n) is 18.3. The van der Waals surface area contributed by atoms with Gasteiger partial charge in [0.05, 0.1) is 14.2 Å². The number of methoxy groups -OCH3 is 2. The second kappa shape index (κ2) is 9.84. The Morgan fingerprint density at radius 3 is 1.97 bits per heavy atom. The molecule has 2 aromatic rings. The lowest BCUT2D eigenvalue weighted by Gasteiger charge is -2.38. The molecule has 11 heteroatoms. The lowest BCUT2D eigenvalue weighted by molar-refractivity contribution is 0.184. The summed E-state index contributed by atoms with van der Waals surface area (Å²) in [6.07, 6.45) is 2.53. The molecule has 2 aromatic carbocycles. The molecule has 2 unspecified atom stereocenters. The summed E-state index contributed by atoms with van der Waals surface area (Å²) < 4.78 is 108. The van der Waals surface area contributed by atoms with Gasteiger partial charge in [-0.05, 0) is 36.5 Å². The van der Waals surface area contributed by atoms with Crippen LogP contribution in [0.5, 0.6) is 11.5 Å². The number of hydrogen-bond acceptors (Lipinski definition) is 4. The predicted molar refractivity (Wildman–Crippen MR) is 110 cm³/mol. The molecule has 0 bridgehead atoms. The second-order valence-corrected chi connectivity index (χ2v) is 9.80. The van der Waals surface area contributed by atoms with Crippen molar-refractivity contribution < 1.29 is 39.8 Å². The molecule has 0 heterocycles. The standard InChI is InChI=1S/C22H24F5NO4S/c1-12-6-4-5-7-14(12)28(11-13-8-9-15(31-2)16(10-13)32-3)33(29,30)22-20(26)18(24)17(23)19(25)21(22)27/h8-10,12,14H,4-7,11H2,1-3H3. The average Bonchev–Trinajstić information content (AvgIpc) is 2.80. The smallest absolute Gasteiger partial charge is 0.249 e. The van der Waals surface area contributed by atoms with Crippen LogP contribution in [0.3, 0.4) is 0 Å². The molecule has 0 spiro atoms. The van der Waals surface area contributed by atoms with Crippen molar-refractivity contribution in [2.45, 2.75) is 50.1 Å². The van der Waals surface area contributed by atoms with Gasteiger partial charge in [-0.2, -0.15) is 4.31 Å². The molecule has 0 aliphatic heterocycles. The summed E-state index contributed by atoms with van der Waals surface area (Å²) >= 11 is 0. The van der Waals surface area contributed by atoms with Gasteiger partial charge in [0.15, 0.2) is 39.7 Å². The molecular formula is C22H24F5NO4S. The van der Waals surface area contributed by atoms with Gasteiger partial charge in [-0.3, -0.25) is 0 Å². The minimum absolute atomic E-state index is 0.199. The van der Waals surface area contributed by atoms with Crippen LogP contribution in [0.25, 0.3) is 0 Å². The lowest BCUT2D eigenvalue weighted by Crippen LogP contribution is -2.45. The molecule has 0 aromatic heterocycles. The van der Waals surface area contributed by atoms with E-state index >= 15 is 0 Å². The fourth-order valence-electron chi connectivity index (χ4n) is 4.19. The van der Waals surface area contributed by atoms with Crippen molar-refractivity contribution in [1.29, 1.82) is 0 Å². The van der Waals surface area contributed by atoms with Gasteiger partial charge in [0.25, 0.3) is 0 Å². The summed E-state index contributed by atoms with van der Waals surface area (Å²) in [5, 5.41) is 0. The van der Waals surface area contributed by atoms with Crippen LogP contribution in [0, 0.1) is 35.0 Å². The molecular weight excluding hydrogens is 469 g/mol. The number of sulfonamides is 1. The van der Waals surface area contributed by atoms with E-state index in [0.29, 0.717) is 36.3 Å². The van der Waals surface area contributed by atoms with E-state index in [1.165, 1.54) is 32.4 Å². The van der Waals surface area contributed by atoms with E-state index in [-0.39, 0.29) is 12.5 Å². The normalized spacial score (nSPS) is 19.1. The molecule has 5 nitrogen and oxygen atoms in total. The Hall–Kier alpha value is -2.40. The molecule has 0 radical (unpaired) electrons. The Labute approximate surface area is 189 Å². The van der Waals surface area contributed by atoms with Crippen LogP contribution in [0.2, 0.25) is 0 Å². The van der Waals surface area contributed by atoms with Gasteiger partial charge in [-0.15, -0.1) is 0 Å². The van der Waals surface area contributed by atoms with Crippen LogP contribution >= 0.6 is 0 Å². The summed E-state index contributed by atoms with van der Waals surface area (Å²) in [4.78, 5) is -1.85. The molecule has 2 atom stereocenters. The largest absolute Gasteiger partial charge is 0.493 e. The maximum Gasteiger partial charge on any atom is 0.249 e. The number of hydrogen-bond donors (Lipinski definition) is 0. The van der Waals surface area contributed by atoms with Gasteiger partial charge >= 0.3 is 0 Å². The van der Waals surface area contributed by atoms with Gasteiger partial charge in [-0.1, -0.05) is 25.8 Å². The summed E-state index contributed by atoms with van der Waals surface area (Å²) in [7, 11) is -2.32. The summed E-state index contributed by atoms with van der Waals surface area (Å²) in [5.74, 6) is -11.3. The molecule has 33 heavy (non-hydrogen) atoms. The fourth-order valence-corrected chi connectivity index (χ4v) is 6.05. The van der Waals surface area contributed by atoms with Crippen LogP contribution in [0.15, 0.2) is 23.1 Å². The summed E-state index contributed by atoms with van der Waals surface area (Å²) in [6.45, 7) is 1.43. The quantitative estimate of drug-likeness (QED) is 0.304. The lowest BCUT2D eigenvalue weighted by atomic mass is 9.86. The number of nitrogens with zero attached hydrogens (tertiary/aromatic N) is 1. The highest BCUT2D eigenvalue weighted by molar-refractivity contribution is 7.89. The summed E-state index contributed by atoms with van der Waals surface area (Å²) in [5.41, 5.74) is 0.387. The van der Waals surface area contributed by atoms with Gasteiger partial charge in [-0.25, -0.2) is 30.4 Å². The minimum atomic E-state index is -5.13. The van der Waals surface area contributed by atoms with Crippen LogP contribution < -0.4 is 9.47 Å².